The quantitative estimate of drug-likeness (QED) is 0.00907. The molecule has 35 nitrogen and oxygen atoms in total. The van der Waals surface area contributed by atoms with Crippen molar-refractivity contribution in [2.24, 2.45) is 0 Å². The molecule has 0 saturated carbocycles. The van der Waals surface area contributed by atoms with Gasteiger partial charge in [0.2, 0.25) is 25.2 Å². The maximum Gasteiger partial charge on any atom is 0.330 e. The Balaban J connectivity index is 0.000000520. The molecule has 19 atom stereocenters. The number of hydrogen-bond acceptors (Lipinski definition) is 35. The monoisotopic (exact) mass is 1150 g/mol. The fourth-order valence-corrected chi connectivity index (χ4v) is 5.71. The predicted octanol–water partition coefficient (Wildman–Crippen LogP) is -9.51. The third-order valence-electron chi connectivity index (χ3n) is 9.96. The summed E-state index contributed by atoms with van der Waals surface area (Å²) in [6.45, 7) is 10.0. The summed E-state index contributed by atoms with van der Waals surface area (Å²) in [4.78, 5) is 80.0. The lowest BCUT2D eigenvalue weighted by molar-refractivity contribution is -0.426. The summed E-state index contributed by atoms with van der Waals surface area (Å²) in [5.74, 6) is -2.46. The highest BCUT2D eigenvalue weighted by atomic mass is 17.2. The molecule has 4 aliphatic heterocycles. The molecular formula is C43H70O35. The highest BCUT2D eigenvalue weighted by Gasteiger charge is 2.47. The molecule has 0 aliphatic carbocycles. The van der Waals surface area contributed by atoms with Gasteiger partial charge in [-0.05, 0) is 0 Å². The molecule has 4 fully saturated rings. The molecular weight excluding hydrogens is 1080 g/mol. The van der Waals surface area contributed by atoms with Crippen LogP contribution in [0.4, 0.5) is 0 Å². The van der Waals surface area contributed by atoms with Crippen molar-refractivity contribution < 1.29 is 173 Å². The maximum atomic E-state index is 10.7. The van der Waals surface area contributed by atoms with Crippen molar-refractivity contribution in [3.63, 3.8) is 0 Å². The molecule has 0 aromatic heterocycles. The summed E-state index contributed by atoms with van der Waals surface area (Å²) in [5, 5.41) is 140. The smallest absolute Gasteiger partial charge is 0.330 e. The first-order valence-corrected chi connectivity index (χ1v) is 23.0. The zero-order valence-electron chi connectivity index (χ0n) is 41.5. The van der Waals surface area contributed by atoms with Crippen LogP contribution in [0.1, 0.15) is 0 Å². The van der Waals surface area contributed by atoms with Crippen molar-refractivity contribution in [2.45, 2.75) is 117 Å². The highest BCUT2D eigenvalue weighted by Crippen LogP contribution is 2.24. The summed E-state index contributed by atoms with van der Waals surface area (Å²) in [5.41, 5.74) is 0. The molecule has 0 amide bonds. The molecule has 35 heteroatoms. The zero-order chi connectivity index (χ0) is 58.9. The Labute approximate surface area is 442 Å². The van der Waals surface area contributed by atoms with E-state index in [1.807, 2.05) is 0 Å². The Morgan fingerprint density at radius 1 is 0.359 bits per heavy atom. The van der Waals surface area contributed by atoms with Crippen molar-refractivity contribution in [3.05, 3.63) is 50.6 Å². The van der Waals surface area contributed by atoms with E-state index >= 15 is 0 Å². The Hall–Kier alpha value is -4.24. The van der Waals surface area contributed by atoms with Crippen LogP contribution in [-0.4, -0.2) is 296 Å². The molecule has 0 aromatic carbocycles. The van der Waals surface area contributed by atoms with E-state index in [9.17, 15) is 75.3 Å². The molecule has 0 bridgehead atoms. The van der Waals surface area contributed by atoms with Gasteiger partial charge in [0.05, 0.1) is 26.4 Å². The number of carbonyl (C=O) groups is 4. The van der Waals surface area contributed by atoms with E-state index in [0.717, 1.165) is 24.3 Å². The number of aliphatic hydroxyl groups is 15. The predicted molar refractivity (Wildman–Crippen MR) is 242 cm³/mol. The van der Waals surface area contributed by atoms with E-state index in [4.69, 9.17) is 39.4 Å². The average Bonchev–Trinajstić information content (AvgIpc) is 3.45. The molecule has 4 saturated heterocycles. The molecule has 15 unspecified atom stereocenters. The van der Waals surface area contributed by atoms with Gasteiger partial charge in [-0.2, -0.15) is 0 Å². The molecule has 0 radical (unpaired) electrons. The Bertz CT molecular complexity index is 1570. The summed E-state index contributed by atoms with van der Waals surface area (Å²) < 4.78 is 38.3. The van der Waals surface area contributed by atoms with Crippen LogP contribution in [0.5, 0.6) is 0 Å². The molecule has 4 aliphatic rings. The van der Waals surface area contributed by atoms with Crippen molar-refractivity contribution in [3.8, 4) is 0 Å². The van der Waals surface area contributed by atoms with Crippen molar-refractivity contribution in [1.29, 1.82) is 0 Å². The van der Waals surface area contributed by atoms with Crippen LogP contribution in [0.25, 0.3) is 0 Å². The minimum absolute atomic E-state index is 0.0567. The molecule has 4 rings (SSSR count). The number of hydrogen-bond donors (Lipinski definition) is 15. The van der Waals surface area contributed by atoms with Gasteiger partial charge in [0, 0.05) is 24.3 Å². The van der Waals surface area contributed by atoms with Gasteiger partial charge in [-0.3, -0.25) is 0 Å². The summed E-state index contributed by atoms with van der Waals surface area (Å²) >= 11 is 0. The van der Waals surface area contributed by atoms with Gasteiger partial charge in [0.1, 0.15) is 144 Å². The molecule has 452 valence electrons. The maximum absolute atomic E-state index is 10.7. The number of rotatable bonds is 27. The topological polar surface area (TPSA) is 519 Å². The second-order valence-electron chi connectivity index (χ2n) is 15.5. The molecule has 4 heterocycles. The van der Waals surface area contributed by atoms with Gasteiger partial charge in [-0.1, -0.05) is 26.3 Å². The van der Waals surface area contributed by atoms with Crippen LogP contribution < -0.4 is 0 Å². The molecule has 15 N–H and O–H groups in total. The number of ether oxygens (including phenoxy) is 8. The van der Waals surface area contributed by atoms with Crippen LogP contribution in [-0.2, 0) is 96.2 Å². The van der Waals surface area contributed by atoms with Gasteiger partial charge in [0.15, 0.2) is 0 Å². The van der Waals surface area contributed by atoms with E-state index in [1.165, 1.54) is 0 Å². The van der Waals surface area contributed by atoms with Crippen molar-refractivity contribution in [2.75, 3.05) is 79.3 Å². The largest absolute Gasteiger partial charge is 0.460 e. The highest BCUT2D eigenvalue weighted by molar-refractivity contribution is 5.82. The fourth-order valence-electron chi connectivity index (χ4n) is 5.71. The minimum Gasteiger partial charge on any atom is -0.460 e. The van der Waals surface area contributed by atoms with Gasteiger partial charge in [0.25, 0.3) is 0 Å². The molecule has 0 aromatic rings. The van der Waals surface area contributed by atoms with Crippen LogP contribution in [0, 0.1) is 0 Å². The lowest BCUT2D eigenvalue weighted by atomic mass is 9.99. The standard InChI is InChI=1S/3C11H18O9.C10H16O8/c3*1-2-7(13)17-3-4-18-20-11-10(16)9(15)8(14)6(5-12)19-11;1-2-7(12)15-3-4-17-18-10-9(14)8(13)6(11)5-16-10/h3*2,6,8-12,14-16H,1,3-5H2;2,6,8-11,13-14H,1,3-5H2/t3*6?,8-,9?,10?,11?;6-,8?,9?,10?/m1101/s1. The third-order valence-corrected chi connectivity index (χ3v) is 9.96. The van der Waals surface area contributed by atoms with Gasteiger partial charge >= 0.3 is 23.9 Å². The second kappa shape index (κ2) is 40.0. The normalized spacial score (nSPS) is 33.3. The molecule has 78 heavy (non-hydrogen) atoms. The van der Waals surface area contributed by atoms with Gasteiger partial charge in [-0.25, -0.2) is 58.3 Å². The second-order valence-corrected chi connectivity index (χ2v) is 15.5. The van der Waals surface area contributed by atoms with E-state index in [-0.39, 0.29) is 59.5 Å². The zero-order valence-corrected chi connectivity index (χ0v) is 41.5. The van der Waals surface area contributed by atoms with Crippen LogP contribution in [0.2, 0.25) is 0 Å². The van der Waals surface area contributed by atoms with Crippen molar-refractivity contribution >= 4 is 23.9 Å². The van der Waals surface area contributed by atoms with Gasteiger partial charge < -0.3 is 114 Å². The third kappa shape index (κ3) is 25.5. The SMILES string of the molecule is C=CC(=O)OCCOOC1OC(CO)[C@@H](O)C(O)C1O.C=CC(=O)OCCOOC1OC(CO)[C@@H](O)C(O)C1O.C=CC(=O)OCCOOC1OC(CO)[C@H](O)C(O)C1O.C=CC(=O)OCCOOC1OC[C@@H](O)C(O)C1O. The lowest BCUT2D eigenvalue weighted by Crippen LogP contribution is -2.59. The van der Waals surface area contributed by atoms with Gasteiger partial charge in [-0.15, -0.1) is 0 Å². The van der Waals surface area contributed by atoms with Crippen LogP contribution >= 0.6 is 0 Å². The van der Waals surface area contributed by atoms with Crippen LogP contribution in [0.3, 0.4) is 0 Å². The van der Waals surface area contributed by atoms with Crippen LogP contribution in [0.15, 0.2) is 50.6 Å². The summed E-state index contributed by atoms with van der Waals surface area (Å²) in [6.07, 6.45) is -22.3. The average molecular weight is 1150 g/mol. The van der Waals surface area contributed by atoms with E-state index in [0.29, 0.717) is 0 Å². The first-order valence-electron chi connectivity index (χ1n) is 23.0. The Kier molecular flexibility index (Phi) is 36.8. The fraction of sp³-hybridized carbons (Fsp3) is 0.721. The molecule has 0 spiro atoms. The van der Waals surface area contributed by atoms with Crippen molar-refractivity contribution in [1.82, 2.24) is 0 Å². The number of carbonyl (C=O) groups excluding carboxylic acids is 4. The Morgan fingerprint density at radius 3 is 0.846 bits per heavy atom. The van der Waals surface area contributed by atoms with E-state index in [2.05, 4.69) is 84.4 Å². The lowest BCUT2D eigenvalue weighted by Gasteiger charge is -2.38. The summed E-state index contributed by atoms with van der Waals surface area (Å²) in [7, 11) is 0. The van der Waals surface area contributed by atoms with E-state index in [1.54, 1.807) is 0 Å². The Morgan fingerprint density at radius 2 is 0.603 bits per heavy atom. The van der Waals surface area contributed by atoms with E-state index < -0.39 is 160 Å². The number of aliphatic hydroxyl groups excluding tert-OH is 15. The number of esters is 4. The first-order chi connectivity index (χ1) is 37.1. The first kappa shape index (κ1) is 71.8. The minimum atomic E-state index is -1.55. The summed E-state index contributed by atoms with van der Waals surface area (Å²) in [6, 6.07) is 0.